The summed E-state index contributed by atoms with van der Waals surface area (Å²) < 4.78 is 3.02. The highest BCUT2D eigenvalue weighted by Crippen LogP contribution is 2.17. The van der Waals surface area contributed by atoms with Gasteiger partial charge in [-0.2, -0.15) is 5.26 Å². The standard InChI is InChI=1S/C21H17N5O4/c1-14-19(21(28)25(24(14)2)17-6-4-3-5-7-17)23-20(27)16(13-22)12-15-8-10-18(11-9-15)26(29)30/h3-12H,1-2H3,(H,23,27)/b16-12+. The van der Waals surface area contributed by atoms with E-state index < -0.39 is 16.4 Å². The predicted molar refractivity (Wildman–Crippen MR) is 111 cm³/mol. The van der Waals surface area contributed by atoms with Crippen LogP contribution in [-0.2, 0) is 11.8 Å². The van der Waals surface area contributed by atoms with Gasteiger partial charge >= 0.3 is 0 Å². The molecular formula is C21H17N5O4. The van der Waals surface area contributed by atoms with Crippen LogP contribution in [0.4, 0.5) is 11.4 Å². The molecule has 0 radical (unpaired) electrons. The first kappa shape index (κ1) is 20.3. The van der Waals surface area contributed by atoms with Crippen molar-refractivity contribution in [1.29, 1.82) is 5.26 Å². The van der Waals surface area contributed by atoms with Crippen LogP contribution in [-0.4, -0.2) is 20.2 Å². The molecule has 9 heteroatoms. The Hall–Kier alpha value is -4.45. The summed E-state index contributed by atoms with van der Waals surface area (Å²) in [6.45, 7) is 1.68. The van der Waals surface area contributed by atoms with Crippen molar-refractivity contribution in [1.82, 2.24) is 9.36 Å². The molecule has 3 aromatic rings. The van der Waals surface area contributed by atoms with Gasteiger partial charge in [-0.3, -0.25) is 24.4 Å². The topological polar surface area (TPSA) is 123 Å². The van der Waals surface area contributed by atoms with Crippen molar-refractivity contribution in [3.05, 3.63) is 91.9 Å². The highest BCUT2D eigenvalue weighted by Gasteiger charge is 2.20. The summed E-state index contributed by atoms with van der Waals surface area (Å²) in [7, 11) is 1.69. The molecule has 150 valence electrons. The Morgan fingerprint density at radius 2 is 1.80 bits per heavy atom. The molecule has 1 amide bonds. The number of non-ortho nitro benzene ring substituents is 1. The van der Waals surface area contributed by atoms with Gasteiger partial charge in [-0.1, -0.05) is 18.2 Å². The van der Waals surface area contributed by atoms with Crippen molar-refractivity contribution in [2.75, 3.05) is 5.32 Å². The van der Waals surface area contributed by atoms with Crippen LogP contribution >= 0.6 is 0 Å². The third-order valence-corrected chi connectivity index (χ3v) is 4.57. The van der Waals surface area contributed by atoms with Crippen molar-refractivity contribution in [2.45, 2.75) is 6.92 Å². The van der Waals surface area contributed by atoms with Crippen molar-refractivity contribution in [3.8, 4) is 11.8 Å². The Morgan fingerprint density at radius 1 is 1.17 bits per heavy atom. The molecule has 3 rings (SSSR count). The summed E-state index contributed by atoms with van der Waals surface area (Å²) in [6, 6.07) is 16.2. The first-order valence-electron chi connectivity index (χ1n) is 8.85. The number of nitriles is 1. The zero-order chi connectivity index (χ0) is 21.8. The number of nitro benzene ring substituents is 1. The number of carbonyl (C=O) groups is 1. The molecule has 0 fully saturated rings. The minimum absolute atomic E-state index is 0.0659. The molecule has 9 nitrogen and oxygen atoms in total. The maximum absolute atomic E-state index is 12.9. The van der Waals surface area contributed by atoms with E-state index in [9.17, 15) is 25.0 Å². The number of para-hydroxylation sites is 1. The molecule has 0 saturated carbocycles. The Morgan fingerprint density at radius 3 is 2.37 bits per heavy atom. The fourth-order valence-corrected chi connectivity index (χ4v) is 2.90. The van der Waals surface area contributed by atoms with Gasteiger partial charge < -0.3 is 5.32 Å². The Bertz CT molecular complexity index is 1250. The quantitative estimate of drug-likeness (QED) is 0.304. The van der Waals surface area contributed by atoms with Gasteiger partial charge in [-0.25, -0.2) is 4.68 Å². The molecule has 0 saturated heterocycles. The average molecular weight is 403 g/mol. The SMILES string of the molecule is Cc1c(NC(=O)/C(C#N)=C/c2ccc([N+](=O)[O-])cc2)c(=O)n(-c2ccccc2)n1C. The van der Waals surface area contributed by atoms with Crippen molar-refractivity contribution in [2.24, 2.45) is 7.05 Å². The minimum Gasteiger partial charge on any atom is -0.315 e. The lowest BCUT2D eigenvalue weighted by Gasteiger charge is -2.07. The Labute approximate surface area is 171 Å². The van der Waals surface area contributed by atoms with Gasteiger partial charge in [0, 0.05) is 19.2 Å². The van der Waals surface area contributed by atoms with E-state index in [-0.39, 0.29) is 16.9 Å². The molecule has 0 aliphatic carbocycles. The van der Waals surface area contributed by atoms with Crippen LogP contribution in [0, 0.1) is 28.4 Å². The number of rotatable bonds is 5. The van der Waals surface area contributed by atoms with E-state index in [1.807, 2.05) is 6.07 Å². The van der Waals surface area contributed by atoms with E-state index in [1.54, 1.807) is 49.0 Å². The minimum atomic E-state index is -0.748. The second-order valence-corrected chi connectivity index (χ2v) is 6.41. The molecule has 0 atom stereocenters. The number of nitrogens with one attached hydrogen (secondary N) is 1. The highest BCUT2D eigenvalue weighted by atomic mass is 16.6. The molecule has 0 aliphatic rings. The smallest absolute Gasteiger partial charge is 0.295 e. The fraction of sp³-hybridized carbons (Fsp3) is 0.0952. The lowest BCUT2D eigenvalue weighted by Crippen LogP contribution is -2.23. The highest BCUT2D eigenvalue weighted by molar-refractivity contribution is 6.09. The molecule has 0 bridgehead atoms. The predicted octanol–water partition coefficient (Wildman–Crippen LogP) is 2.94. The molecule has 1 aromatic heterocycles. The van der Waals surface area contributed by atoms with E-state index in [0.717, 1.165) is 0 Å². The van der Waals surface area contributed by atoms with Crippen molar-refractivity contribution >= 4 is 23.4 Å². The van der Waals surface area contributed by atoms with E-state index in [0.29, 0.717) is 16.9 Å². The third kappa shape index (κ3) is 3.88. The first-order chi connectivity index (χ1) is 14.3. The normalized spacial score (nSPS) is 11.0. The van der Waals surface area contributed by atoms with Gasteiger partial charge in [0.05, 0.1) is 16.3 Å². The number of carbonyl (C=O) groups excluding carboxylic acids is 1. The summed E-state index contributed by atoms with van der Waals surface area (Å²) in [5, 5.41) is 22.6. The number of amides is 1. The molecule has 30 heavy (non-hydrogen) atoms. The summed E-state index contributed by atoms with van der Waals surface area (Å²) in [4.78, 5) is 35.7. The van der Waals surface area contributed by atoms with Gasteiger partial charge in [-0.15, -0.1) is 0 Å². The molecule has 0 spiro atoms. The third-order valence-electron chi connectivity index (χ3n) is 4.57. The fourth-order valence-electron chi connectivity index (χ4n) is 2.90. The maximum Gasteiger partial charge on any atom is 0.295 e. The van der Waals surface area contributed by atoms with Gasteiger partial charge in [0.2, 0.25) is 0 Å². The number of anilines is 1. The average Bonchev–Trinajstić information content (AvgIpc) is 2.96. The van der Waals surface area contributed by atoms with Crippen molar-refractivity contribution < 1.29 is 9.72 Å². The van der Waals surface area contributed by atoms with Crippen LogP contribution in [0.2, 0.25) is 0 Å². The van der Waals surface area contributed by atoms with Crippen LogP contribution in [0.25, 0.3) is 11.8 Å². The van der Waals surface area contributed by atoms with Crippen LogP contribution < -0.4 is 10.9 Å². The molecular weight excluding hydrogens is 386 g/mol. The largest absolute Gasteiger partial charge is 0.315 e. The van der Waals surface area contributed by atoms with E-state index in [2.05, 4.69) is 5.32 Å². The molecule has 1 heterocycles. The van der Waals surface area contributed by atoms with Crippen LogP contribution in [0.5, 0.6) is 0 Å². The van der Waals surface area contributed by atoms with E-state index in [1.165, 1.54) is 35.0 Å². The van der Waals surface area contributed by atoms with Crippen LogP contribution in [0.1, 0.15) is 11.3 Å². The second-order valence-electron chi connectivity index (χ2n) is 6.41. The van der Waals surface area contributed by atoms with E-state index >= 15 is 0 Å². The summed E-state index contributed by atoms with van der Waals surface area (Å²) in [6.07, 6.45) is 1.30. The van der Waals surface area contributed by atoms with Crippen LogP contribution in [0.15, 0.2) is 65.0 Å². The number of hydrogen-bond acceptors (Lipinski definition) is 5. The zero-order valence-electron chi connectivity index (χ0n) is 16.2. The second kappa shape index (κ2) is 8.28. The van der Waals surface area contributed by atoms with Crippen molar-refractivity contribution in [3.63, 3.8) is 0 Å². The monoisotopic (exact) mass is 403 g/mol. The summed E-state index contributed by atoms with van der Waals surface area (Å²) in [5.74, 6) is -0.748. The number of benzene rings is 2. The summed E-state index contributed by atoms with van der Waals surface area (Å²) in [5.41, 5.74) is 0.895. The maximum atomic E-state index is 12.9. The number of nitro groups is 1. The number of aromatic nitrogens is 2. The molecule has 0 aliphatic heterocycles. The van der Waals surface area contributed by atoms with E-state index in [4.69, 9.17) is 0 Å². The molecule has 0 unspecified atom stereocenters. The first-order valence-corrected chi connectivity index (χ1v) is 8.85. The molecule has 2 aromatic carbocycles. The van der Waals surface area contributed by atoms with Gasteiger partial charge in [0.1, 0.15) is 17.3 Å². The lowest BCUT2D eigenvalue weighted by atomic mass is 10.1. The number of hydrogen-bond donors (Lipinski definition) is 1. The lowest BCUT2D eigenvalue weighted by molar-refractivity contribution is -0.384. The zero-order valence-corrected chi connectivity index (χ0v) is 16.2. The Kier molecular flexibility index (Phi) is 5.60. The Balaban J connectivity index is 1.92. The van der Waals surface area contributed by atoms with Gasteiger partial charge in [-0.05, 0) is 42.8 Å². The van der Waals surface area contributed by atoms with Crippen LogP contribution in [0.3, 0.4) is 0 Å². The van der Waals surface area contributed by atoms with Gasteiger partial charge in [0.25, 0.3) is 17.2 Å². The number of nitrogens with zero attached hydrogens (tertiary/aromatic N) is 4. The summed E-state index contributed by atoms with van der Waals surface area (Å²) >= 11 is 0. The van der Waals surface area contributed by atoms with Gasteiger partial charge in [0.15, 0.2) is 0 Å². The molecule has 1 N–H and O–H groups in total.